The van der Waals surface area contributed by atoms with Gasteiger partial charge in [0.05, 0.1) is 27.2 Å². The van der Waals surface area contributed by atoms with E-state index in [-0.39, 0.29) is 18.3 Å². The topological polar surface area (TPSA) is 81.6 Å². The largest absolute Gasteiger partial charge is 0.481 e. The van der Waals surface area contributed by atoms with E-state index >= 15 is 0 Å². The summed E-state index contributed by atoms with van der Waals surface area (Å²) in [6.45, 7) is 9.41. The molecule has 0 saturated carbocycles. The molecule has 3 heterocycles. The van der Waals surface area contributed by atoms with Gasteiger partial charge in [0.2, 0.25) is 0 Å². The van der Waals surface area contributed by atoms with Crippen molar-refractivity contribution in [3.63, 3.8) is 0 Å². The first kappa shape index (κ1) is 29.9. The number of hydrogen-bond donors (Lipinski definition) is 0. The fourth-order valence-corrected chi connectivity index (χ4v) is 6.74. The Balaban J connectivity index is 1.53. The van der Waals surface area contributed by atoms with E-state index in [1.165, 1.54) is 0 Å². The summed E-state index contributed by atoms with van der Waals surface area (Å²) in [5, 5.41) is 1.44. The molecule has 6 rings (SSSR count). The van der Waals surface area contributed by atoms with E-state index in [9.17, 15) is 9.59 Å². The number of para-hydroxylation sites is 1. The number of amides is 1. The van der Waals surface area contributed by atoms with Gasteiger partial charge in [0.15, 0.2) is 18.1 Å². The van der Waals surface area contributed by atoms with Gasteiger partial charge in [0, 0.05) is 40.5 Å². The first-order valence-electron chi connectivity index (χ1n) is 14.3. The van der Waals surface area contributed by atoms with Gasteiger partial charge in [-0.2, -0.15) is 0 Å². The average Bonchev–Trinajstić information content (AvgIpc) is 3.41. The van der Waals surface area contributed by atoms with Crippen molar-refractivity contribution in [1.82, 2.24) is 9.97 Å². The monoisotopic (exact) mass is 625 g/mol. The highest BCUT2D eigenvalue weighted by Crippen LogP contribution is 2.45. The summed E-state index contributed by atoms with van der Waals surface area (Å²) in [6, 6.07) is 19.3. The summed E-state index contributed by atoms with van der Waals surface area (Å²) in [6.07, 6.45) is 1.01. The van der Waals surface area contributed by atoms with E-state index < -0.39 is 11.7 Å². The molecule has 5 aromatic rings. The van der Waals surface area contributed by atoms with Gasteiger partial charge in [0.1, 0.15) is 11.1 Å². The molecule has 1 atom stereocenters. The van der Waals surface area contributed by atoms with Crippen LogP contribution in [0.2, 0.25) is 5.02 Å². The second-order valence-electron chi connectivity index (χ2n) is 11.9. The zero-order chi connectivity index (χ0) is 31.3. The SMILES string of the molecule is CC(=O)[C@@H](OC(C)(C)C)c1c(C)cc2nc(-c3ccnc(-c4cccc5c4OCC(=O)N5C)c3)sc2c1-c1ccc(Cl)cc1. The molecule has 0 N–H and O–H groups in total. The predicted molar refractivity (Wildman–Crippen MR) is 177 cm³/mol. The molecule has 0 saturated heterocycles. The fraction of sp³-hybridized carbons (Fsp3) is 0.257. The van der Waals surface area contributed by atoms with E-state index in [1.54, 1.807) is 36.4 Å². The number of ketones is 1. The lowest BCUT2D eigenvalue weighted by molar-refractivity contribution is -0.138. The van der Waals surface area contributed by atoms with E-state index in [2.05, 4.69) is 4.98 Å². The molecule has 0 aliphatic carbocycles. The molecule has 9 heteroatoms. The van der Waals surface area contributed by atoms with Crippen LogP contribution in [0.25, 0.3) is 43.2 Å². The number of hydrogen-bond acceptors (Lipinski definition) is 7. The molecule has 1 aliphatic rings. The third-order valence-electron chi connectivity index (χ3n) is 7.52. The maximum atomic E-state index is 13.1. The molecule has 7 nitrogen and oxygen atoms in total. The molecule has 0 fully saturated rings. The summed E-state index contributed by atoms with van der Waals surface area (Å²) in [7, 11) is 1.75. The number of benzene rings is 3. The summed E-state index contributed by atoms with van der Waals surface area (Å²) in [5.41, 5.74) is 7.00. The van der Waals surface area contributed by atoms with Crippen molar-refractivity contribution in [2.24, 2.45) is 0 Å². The van der Waals surface area contributed by atoms with Gasteiger partial charge >= 0.3 is 0 Å². The summed E-state index contributed by atoms with van der Waals surface area (Å²) in [5.74, 6) is 0.460. The predicted octanol–water partition coefficient (Wildman–Crippen LogP) is 8.45. The van der Waals surface area contributed by atoms with Crippen LogP contribution >= 0.6 is 22.9 Å². The third kappa shape index (κ3) is 5.61. The fourth-order valence-electron chi connectivity index (χ4n) is 5.49. The zero-order valence-electron chi connectivity index (χ0n) is 25.4. The van der Waals surface area contributed by atoms with Crippen molar-refractivity contribution in [3.8, 4) is 38.7 Å². The molecule has 44 heavy (non-hydrogen) atoms. The quantitative estimate of drug-likeness (QED) is 0.188. The lowest BCUT2D eigenvalue weighted by Gasteiger charge is -2.29. The first-order valence-corrected chi connectivity index (χ1v) is 15.5. The number of ether oxygens (including phenoxy) is 2. The van der Waals surface area contributed by atoms with E-state index in [4.69, 9.17) is 26.1 Å². The van der Waals surface area contributed by atoms with Crippen molar-refractivity contribution in [3.05, 3.63) is 83.0 Å². The number of anilines is 1. The van der Waals surface area contributed by atoms with Gasteiger partial charge in [-0.15, -0.1) is 11.3 Å². The van der Waals surface area contributed by atoms with Crippen molar-refractivity contribution < 1.29 is 19.1 Å². The number of aryl methyl sites for hydroxylation is 1. The second-order valence-corrected chi connectivity index (χ2v) is 13.3. The van der Waals surface area contributed by atoms with Gasteiger partial charge < -0.3 is 14.4 Å². The number of halogens is 1. The molecule has 0 spiro atoms. The highest BCUT2D eigenvalue weighted by atomic mass is 35.5. The average molecular weight is 626 g/mol. The van der Waals surface area contributed by atoms with Crippen LogP contribution in [0, 0.1) is 6.92 Å². The van der Waals surface area contributed by atoms with Crippen LogP contribution in [0.5, 0.6) is 5.75 Å². The van der Waals surface area contributed by atoms with Gasteiger partial charge in [0.25, 0.3) is 5.91 Å². The van der Waals surface area contributed by atoms with Crippen LogP contribution in [0.3, 0.4) is 0 Å². The van der Waals surface area contributed by atoms with Crippen LogP contribution in [-0.2, 0) is 14.3 Å². The number of pyridine rings is 1. The smallest absolute Gasteiger partial charge is 0.264 e. The number of carbonyl (C=O) groups excluding carboxylic acids is 2. The molecule has 2 aromatic heterocycles. The third-order valence-corrected chi connectivity index (χ3v) is 8.91. The molecule has 1 amide bonds. The maximum absolute atomic E-state index is 13.1. The minimum Gasteiger partial charge on any atom is -0.481 e. The number of Topliss-reactive ketones (excluding diaryl/α,β-unsaturated/α-hetero) is 1. The van der Waals surface area contributed by atoms with Crippen LogP contribution in [-0.4, -0.2) is 40.9 Å². The Morgan fingerprint density at radius 1 is 1.09 bits per heavy atom. The van der Waals surface area contributed by atoms with Gasteiger partial charge in [-0.1, -0.05) is 29.8 Å². The maximum Gasteiger partial charge on any atom is 0.264 e. The Labute approximate surface area is 265 Å². The zero-order valence-corrected chi connectivity index (χ0v) is 27.0. The highest BCUT2D eigenvalue weighted by molar-refractivity contribution is 7.22. The number of nitrogens with zero attached hydrogens (tertiary/aromatic N) is 3. The van der Waals surface area contributed by atoms with Crippen molar-refractivity contribution >= 4 is 50.5 Å². The molecular weight excluding hydrogens is 594 g/mol. The lowest BCUT2D eigenvalue weighted by atomic mass is 9.90. The Bertz CT molecular complexity index is 1930. The Kier molecular flexibility index (Phi) is 7.78. The molecule has 224 valence electrons. The molecule has 0 bridgehead atoms. The Hall–Kier alpha value is -4.11. The van der Waals surface area contributed by atoms with Crippen LogP contribution in [0.4, 0.5) is 5.69 Å². The minimum absolute atomic E-state index is 0.0204. The lowest BCUT2D eigenvalue weighted by Crippen LogP contribution is -2.35. The Morgan fingerprint density at radius 3 is 2.55 bits per heavy atom. The number of likely N-dealkylation sites (N-methyl/N-ethyl adjacent to an activating group) is 1. The summed E-state index contributed by atoms with van der Waals surface area (Å²) in [4.78, 5) is 36.6. The van der Waals surface area contributed by atoms with Crippen LogP contribution < -0.4 is 9.64 Å². The number of aromatic nitrogens is 2. The van der Waals surface area contributed by atoms with Crippen LogP contribution in [0.15, 0.2) is 66.9 Å². The normalized spacial score (nSPS) is 14.0. The van der Waals surface area contributed by atoms with Crippen molar-refractivity contribution in [2.75, 3.05) is 18.6 Å². The van der Waals surface area contributed by atoms with E-state index in [0.29, 0.717) is 22.2 Å². The van der Waals surface area contributed by atoms with Crippen molar-refractivity contribution in [1.29, 1.82) is 0 Å². The molecule has 1 aliphatic heterocycles. The molecule has 3 aromatic carbocycles. The van der Waals surface area contributed by atoms with Gasteiger partial charge in [-0.25, -0.2) is 4.98 Å². The Morgan fingerprint density at radius 2 is 1.84 bits per heavy atom. The number of fused-ring (bicyclic) bond motifs is 2. The number of thiazole rings is 1. The highest BCUT2D eigenvalue weighted by Gasteiger charge is 2.31. The van der Waals surface area contributed by atoms with Crippen LogP contribution in [0.1, 0.15) is 44.9 Å². The summed E-state index contributed by atoms with van der Waals surface area (Å²) < 4.78 is 13.2. The van der Waals surface area contributed by atoms with Gasteiger partial charge in [-0.05, 0) is 88.2 Å². The molecular formula is C35H32ClN3O4S. The van der Waals surface area contributed by atoms with Crippen molar-refractivity contribution in [2.45, 2.75) is 46.3 Å². The van der Waals surface area contributed by atoms with E-state index in [0.717, 1.165) is 48.6 Å². The number of rotatable bonds is 6. The standard InChI is InChI=1S/C35H32ClN3O4S/c1-19-16-26-33(30(21-10-12-23(36)13-11-21)29(19)31(20(2)40)43-35(3,4)5)44-34(38-26)22-14-15-37-25(17-22)24-8-7-9-27-32(24)42-18-28(41)39(27)6/h7-17,31H,18H2,1-6H3/t31-/m1/s1. The number of carbonyl (C=O) groups is 2. The first-order chi connectivity index (χ1) is 20.9. The molecule has 0 unspecified atom stereocenters. The molecule has 0 radical (unpaired) electrons. The summed E-state index contributed by atoms with van der Waals surface area (Å²) >= 11 is 7.83. The minimum atomic E-state index is -0.752. The van der Waals surface area contributed by atoms with E-state index in [1.807, 2.05) is 88.4 Å². The second kappa shape index (κ2) is 11.4. The van der Waals surface area contributed by atoms with Gasteiger partial charge in [-0.3, -0.25) is 14.6 Å².